The molecule has 2 aromatic heterocycles. The van der Waals surface area contributed by atoms with Crippen molar-refractivity contribution in [3.63, 3.8) is 0 Å². The first-order chi connectivity index (χ1) is 10.2. The summed E-state index contributed by atoms with van der Waals surface area (Å²) in [6.45, 7) is 6.81. The van der Waals surface area contributed by atoms with Crippen LogP contribution in [0.15, 0.2) is 29.2 Å². The third kappa shape index (κ3) is 3.92. The van der Waals surface area contributed by atoms with Crippen LogP contribution in [0.1, 0.15) is 35.8 Å². The largest absolute Gasteiger partial charge is 0.350 e. The maximum Gasteiger partial charge on any atom is 0.254 e. The second-order valence-corrected chi connectivity index (χ2v) is 5.69. The molecule has 2 heterocycles. The molecule has 5 nitrogen and oxygen atoms in total. The van der Waals surface area contributed by atoms with Gasteiger partial charge in [0, 0.05) is 19.8 Å². The molecule has 114 valence electrons. The minimum atomic E-state index is -0.0736. The number of aromatic nitrogens is 2. The molecule has 0 fully saturated rings. The van der Waals surface area contributed by atoms with Gasteiger partial charge in [-0.05, 0) is 35.5 Å². The summed E-state index contributed by atoms with van der Waals surface area (Å²) < 4.78 is 1.63. The Morgan fingerprint density at radius 1 is 1.48 bits per heavy atom. The van der Waals surface area contributed by atoms with Crippen LogP contribution in [-0.2, 0) is 7.05 Å². The van der Waals surface area contributed by atoms with Gasteiger partial charge in [0.25, 0.3) is 5.91 Å². The molecule has 0 bridgehead atoms. The van der Waals surface area contributed by atoms with Crippen molar-refractivity contribution in [2.45, 2.75) is 19.9 Å². The SMILES string of the molecule is CCN(CC)C(CNC(=O)c1cnn(C)c1)c1ccsc1. The smallest absolute Gasteiger partial charge is 0.254 e. The van der Waals surface area contributed by atoms with E-state index < -0.39 is 0 Å². The Balaban J connectivity index is 2.04. The molecule has 2 aromatic rings. The Morgan fingerprint density at radius 2 is 2.24 bits per heavy atom. The number of rotatable bonds is 7. The molecule has 1 N–H and O–H groups in total. The van der Waals surface area contributed by atoms with Crippen LogP contribution in [0.2, 0.25) is 0 Å². The Kier molecular flexibility index (Phi) is 5.52. The summed E-state index contributed by atoms with van der Waals surface area (Å²) in [6.07, 6.45) is 3.32. The number of carbonyl (C=O) groups is 1. The van der Waals surface area contributed by atoms with E-state index >= 15 is 0 Å². The average Bonchev–Trinajstić information content (AvgIpc) is 3.14. The Labute approximate surface area is 129 Å². The highest BCUT2D eigenvalue weighted by Gasteiger charge is 2.19. The van der Waals surface area contributed by atoms with Crippen molar-refractivity contribution < 1.29 is 4.79 Å². The van der Waals surface area contributed by atoms with Crippen molar-refractivity contribution in [1.82, 2.24) is 20.0 Å². The van der Waals surface area contributed by atoms with E-state index in [-0.39, 0.29) is 11.9 Å². The maximum atomic E-state index is 12.2. The lowest BCUT2D eigenvalue weighted by Crippen LogP contribution is -2.37. The Hall–Kier alpha value is -1.66. The summed E-state index contributed by atoms with van der Waals surface area (Å²) >= 11 is 1.69. The van der Waals surface area contributed by atoms with Crippen LogP contribution in [-0.4, -0.2) is 40.2 Å². The molecular formula is C15H22N4OS. The van der Waals surface area contributed by atoms with Crippen LogP contribution in [0.3, 0.4) is 0 Å². The van der Waals surface area contributed by atoms with Crippen molar-refractivity contribution in [3.8, 4) is 0 Å². The number of hydrogen-bond donors (Lipinski definition) is 1. The van der Waals surface area contributed by atoms with Gasteiger partial charge in [-0.2, -0.15) is 16.4 Å². The van der Waals surface area contributed by atoms with Crippen LogP contribution in [0, 0.1) is 0 Å². The number of nitrogens with zero attached hydrogens (tertiary/aromatic N) is 3. The lowest BCUT2D eigenvalue weighted by Gasteiger charge is -2.29. The van der Waals surface area contributed by atoms with Crippen molar-refractivity contribution in [3.05, 3.63) is 40.3 Å². The molecule has 1 atom stereocenters. The van der Waals surface area contributed by atoms with Gasteiger partial charge in [-0.1, -0.05) is 13.8 Å². The molecule has 1 unspecified atom stereocenters. The van der Waals surface area contributed by atoms with Crippen LogP contribution in [0.5, 0.6) is 0 Å². The van der Waals surface area contributed by atoms with Crippen LogP contribution in [0.4, 0.5) is 0 Å². The first-order valence-corrected chi connectivity index (χ1v) is 8.13. The molecule has 0 aliphatic heterocycles. The lowest BCUT2D eigenvalue weighted by atomic mass is 10.1. The number of amides is 1. The quantitative estimate of drug-likeness (QED) is 0.854. The highest BCUT2D eigenvalue weighted by molar-refractivity contribution is 7.07. The number of likely N-dealkylation sites (N-methyl/N-ethyl adjacent to an activating group) is 1. The monoisotopic (exact) mass is 306 g/mol. The third-order valence-corrected chi connectivity index (χ3v) is 4.31. The van der Waals surface area contributed by atoms with E-state index in [4.69, 9.17) is 0 Å². The van der Waals surface area contributed by atoms with E-state index in [1.54, 1.807) is 35.5 Å². The Bertz CT molecular complexity index is 560. The standard InChI is InChI=1S/C15H22N4OS/c1-4-19(5-2)14(12-6-7-21-11-12)9-16-15(20)13-8-17-18(3)10-13/h6-8,10-11,14H,4-5,9H2,1-3H3,(H,16,20). The predicted molar refractivity (Wildman–Crippen MR) is 85.5 cm³/mol. The third-order valence-electron chi connectivity index (χ3n) is 3.60. The number of thiophene rings is 1. The summed E-state index contributed by atoms with van der Waals surface area (Å²) in [5, 5.41) is 11.3. The highest BCUT2D eigenvalue weighted by Crippen LogP contribution is 2.22. The van der Waals surface area contributed by atoms with E-state index in [2.05, 4.69) is 46.0 Å². The molecule has 0 spiro atoms. The van der Waals surface area contributed by atoms with Gasteiger partial charge in [0.2, 0.25) is 0 Å². The highest BCUT2D eigenvalue weighted by atomic mass is 32.1. The summed E-state index contributed by atoms with van der Waals surface area (Å²) in [4.78, 5) is 14.5. The van der Waals surface area contributed by atoms with Gasteiger partial charge in [0.1, 0.15) is 0 Å². The first kappa shape index (κ1) is 15.7. The van der Waals surface area contributed by atoms with E-state index in [0.29, 0.717) is 12.1 Å². The van der Waals surface area contributed by atoms with Gasteiger partial charge in [0.05, 0.1) is 17.8 Å². The number of hydrogen-bond acceptors (Lipinski definition) is 4. The van der Waals surface area contributed by atoms with Gasteiger partial charge in [-0.3, -0.25) is 14.4 Å². The minimum absolute atomic E-state index is 0.0736. The van der Waals surface area contributed by atoms with Gasteiger partial charge < -0.3 is 5.32 Å². The van der Waals surface area contributed by atoms with E-state index in [1.165, 1.54) is 5.56 Å². The molecule has 2 rings (SSSR count). The van der Waals surface area contributed by atoms with E-state index in [1.807, 2.05) is 0 Å². The molecule has 0 aromatic carbocycles. The number of aryl methyl sites for hydroxylation is 1. The second-order valence-electron chi connectivity index (χ2n) is 4.91. The number of carbonyl (C=O) groups excluding carboxylic acids is 1. The first-order valence-electron chi connectivity index (χ1n) is 7.18. The zero-order valence-electron chi connectivity index (χ0n) is 12.7. The molecule has 0 saturated heterocycles. The summed E-state index contributed by atoms with van der Waals surface area (Å²) in [5.41, 5.74) is 1.86. The van der Waals surface area contributed by atoms with Crippen molar-refractivity contribution in [2.75, 3.05) is 19.6 Å². The number of nitrogens with one attached hydrogen (secondary N) is 1. The van der Waals surface area contributed by atoms with Crippen LogP contribution < -0.4 is 5.32 Å². The molecule has 1 amide bonds. The molecule has 0 saturated carbocycles. The molecule has 0 aliphatic rings. The van der Waals surface area contributed by atoms with Crippen LogP contribution >= 0.6 is 11.3 Å². The molecule has 0 radical (unpaired) electrons. The zero-order valence-corrected chi connectivity index (χ0v) is 13.6. The minimum Gasteiger partial charge on any atom is -0.350 e. The van der Waals surface area contributed by atoms with Crippen molar-refractivity contribution >= 4 is 17.2 Å². The average molecular weight is 306 g/mol. The van der Waals surface area contributed by atoms with Gasteiger partial charge in [0.15, 0.2) is 0 Å². The fraction of sp³-hybridized carbons (Fsp3) is 0.467. The fourth-order valence-electron chi connectivity index (χ4n) is 2.42. The zero-order chi connectivity index (χ0) is 15.2. The fourth-order valence-corrected chi connectivity index (χ4v) is 3.12. The maximum absolute atomic E-state index is 12.2. The van der Waals surface area contributed by atoms with Crippen molar-refractivity contribution in [2.24, 2.45) is 7.05 Å². The topological polar surface area (TPSA) is 50.2 Å². The Morgan fingerprint density at radius 3 is 2.76 bits per heavy atom. The lowest BCUT2D eigenvalue weighted by molar-refractivity contribution is 0.0935. The predicted octanol–water partition coefficient (Wildman–Crippen LogP) is 2.29. The molecular weight excluding hydrogens is 284 g/mol. The summed E-state index contributed by atoms with van der Waals surface area (Å²) in [6, 6.07) is 2.34. The van der Waals surface area contributed by atoms with Gasteiger partial charge in [-0.25, -0.2) is 0 Å². The second kappa shape index (κ2) is 7.38. The summed E-state index contributed by atoms with van der Waals surface area (Å²) in [7, 11) is 1.81. The molecule has 21 heavy (non-hydrogen) atoms. The van der Waals surface area contributed by atoms with E-state index in [9.17, 15) is 4.79 Å². The van der Waals surface area contributed by atoms with Crippen molar-refractivity contribution in [1.29, 1.82) is 0 Å². The summed E-state index contributed by atoms with van der Waals surface area (Å²) in [5.74, 6) is -0.0736. The van der Waals surface area contributed by atoms with Gasteiger partial charge >= 0.3 is 0 Å². The van der Waals surface area contributed by atoms with Crippen LogP contribution in [0.25, 0.3) is 0 Å². The normalized spacial score (nSPS) is 12.6. The van der Waals surface area contributed by atoms with Gasteiger partial charge in [-0.15, -0.1) is 0 Å². The van der Waals surface area contributed by atoms with E-state index in [0.717, 1.165) is 13.1 Å². The molecule has 6 heteroatoms. The molecule has 0 aliphatic carbocycles.